The van der Waals surface area contributed by atoms with Gasteiger partial charge in [0, 0.05) is 30.4 Å². The van der Waals surface area contributed by atoms with Crippen LogP contribution in [0.25, 0.3) is 23.0 Å². The molecule has 3 aliphatic rings. The van der Waals surface area contributed by atoms with Gasteiger partial charge in [-0.2, -0.15) is 9.40 Å². The first kappa shape index (κ1) is 28.2. The molecule has 1 unspecified atom stereocenters. The number of ether oxygens (including phenoxy) is 1. The van der Waals surface area contributed by atoms with Crippen LogP contribution in [0.15, 0.2) is 70.6 Å². The Morgan fingerprint density at radius 1 is 1.07 bits per heavy atom. The molecule has 1 aromatic heterocycles. The van der Waals surface area contributed by atoms with Crippen LogP contribution in [0.3, 0.4) is 0 Å². The molecule has 0 bridgehead atoms. The summed E-state index contributed by atoms with van der Waals surface area (Å²) in [5.41, 5.74) is 2.43. The van der Waals surface area contributed by atoms with Crippen molar-refractivity contribution in [3.63, 3.8) is 0 Å². The van der Waals surface area contributed by atoms with Gasteiger partial charge in [-0.1, -0.05) is 54.3 Å². The third-order valence-electron chi connectivity index (χ3n) is 7.16. The molecule has 214 valence electrons. The molecule has 4 heterocycles. The van der Waals surface area contributed by atoms with Crippen molar-refractivity contribution < 1.29 is 26.4 Å². The van der Waals surface area contributed by atoms with Gasteiger partial charge in [-0.15, -0.1) is 0 Å². The summed E-state index contributed by atoms with van der Waals surface area (Å²) in [5, 5.41) is 4.79. The fraction of sp³-hybridized carbons (Fsp3) is 0.296. The minimum Gasteiger partial charge on any atom is -0.379 e. The monoisotopic (exact) mass is 630 g/mol. The third-order valence-corrected chi connectivity index (χ3v) is 12.1. The fourth-order valence-electron chi connectivity index (χ4n) is 5.08. The number of sulfone groups is 1. The van der Waals surface area contributed by atoms with Gasteiger partial charge in [0.1, 0.15) is 10.0 Å². The van der Waals surface area contributed by atoms with Crippen LogP contribution in [0.4, 0.5) is 0 Å². The standard InChI is InChI=1S/C27H26N4O6S4/c32-26-24(39-27(38)31(26)22-9-14-40(33,34)18-22)16-20-17-30(21-6-2-1-3-7-21)28-25(20)19-5-4-8-23(15-19)41(35,36)29-10-12-37-13-11-29/h1-8,15-17,22H,9-14,18H2. The summed E-state index contributed by atoms with van der Waals surface area (Å²) in [6.07, 6.45) is 3.82. The van der Waals surface area contributed by atoms with Crippen molar-refractivity contribution in [2.75, 3.05) is 37.8 Å². The smallest absolute Gasteiger partial charge is 0.266 e. The molecule has 1 amide bonds. The first-order chi connectivity index (χ1) is 19.6. The van der Waals surface area contributed by atoms with E-state index < -0.39 is 25.9 Å². The molecule has 0 radical (unpaired) electrons. The molecule has 3 aliphatic heterocycles. The van der Waals surface area contributed by atoms with Crippen molar-refractivity contribution in [1.29, 1.82) is 0 Å². The summed E-state index contributed by atoms with van der Waals surface area (Å²) in [6, 6.07) is 15.6. The van der Waals surface area contributed by atoms with Crippen LogP contribution < -0.4 is 0 Å². The van der Waals surface area contributed by atoms with Crippen LogP contribution >= 0.6 is 24.0 Å². The predicted molar refractivity (Wildman–Crippen MR) is 161 cm³/mol. The average molecular weight is 631 g/mol. The van der Waals surface area contributed by atoms with Crippen LogP contribution in [-0.2, 0) is 29.4 Å². The summed E-state index contributed by atoms with van der Waals surface area (Å²) in [5.74, 6) is -0.413. The molecule has 0 aliphatic carbocycles. The molecule has 41 heavy (non-hydrogen) atoms. The number of benzene rings is 2. The first-order valence-corrected chi connectivity index (χ1v) is 17.4. The summed E-state index contributed by atoms with van der Waals surface area (Å²) in [6.45, 7) is 1.25. The van der Waals surface area contributed by atoms with Gasteiger partial charge in [0.05, 0.1) is 46.2 Å². The zero-order chi connectivity index (χ0) is 28.8. The van der Waals surface area contributed by atoms with Crippen molar-refractivity contribution in [1.82, 2.24) is 19.0 Å². The van der Waals surface area contributed by atoms with Crippen molar-refractivity contribution in [2.45, 2.75) is 17.4 Å². The zero-order valence-corrected chi connectivity index (χ0v) is 25.0. The number of thioether (sulfide) groups is 1. The third kappa shape index (κ3) is 5.64. The molecule has 0 spiro atoms. The molecule has 10 nitrogen and oxygen atoms in total. The van der Waals surface area contributed by atoms with E-state index in [2.05, 4.69) is 0 Å². The highest BCUT2D eigenvalue weighted by Gasteiger charge is 2.42. The highest BCUT2D eigenvalue weighted by Crippen LogP contribution is 2.38. The van der Waals surface area contributed by atoms with E-state index in [-0.39, 0.29) is 35.4 Å². The van der Waals surface area contributed by atoms with Gasteiger partial charge in [0.15, 0.2) is 9.84 Å². The van der Waals surface area contributed by atoms with E-state index >= 15 is 0 Å². The summed E-state index contributed by atoms with van der Waals surface area (Å²) in [7, 11) is -6.95. The van der Waals surface area contributed by atoms with Gasteiger partial charge in [-0.05, 0) is 36.8 Å². The minimum atomic E-state index is -3.74. The van der Waals surface area contributed by atoms with Crippen LogP contribution in [0, 0.1) is 0 Å². The number of thiocarbonyl (C=S) groups is 1. The number of morpholine rings is 1. The maximum Gasteiger partial charge on any atom is 0.266 e. The second-order valence-electron chi connectivity index (χ2n) is 9.87. The van der Waals surface area contributed by atoms with E-state index in [1.165, 1.54) is 9.21 Å². The Morgan fingerprint density at radius 2 is 1.83 bits per heavy atom. The number of rotatable bonds is 6. The fourth-order valence-corrected chi connectivity index (χ4v) is 9.63. The van der Waals surface area contributed by atoms with Crippen molar-refractivity contribution in [3.05, 3.63) is 71.3 Å². The minimum absolute atomic E-state index is 0.0332. The van der Waals surface area contributed by atoms with Crippen molar-refractivity contribution in [2.24, 2.45) is 0 Å². The zero-order valence-electron chi connectivity index (χ0n) is 21.7. The van der Waals surface area contributed by atoms with Gasteiger partial charge in [0.2, 0.25) is 10.0 Å². The lowest BCUT2D eigenvalue weighted by atomic mass is 10.1. The average Bonchev–Trinajstić information content (AvgIpc) is 3.64. The molecule has 14 heteroatoms. The summed E-state index contributed by atoms with van der Waals surface area (Å²) in [4.78, 5) is 15.3. The van der Waals surface area contributed by atoms with Gasteiger partial charge >= 0.3 is 0 Å². The number of hydrogen-bond acceptors (Lipinski definition) is 9. The highest BCUT2D eigenvalue weighted by molar-refractivity contribution is 8.26. The number of para-hydroxylation sites is 1. The number of sulfonamides is 1. The topological polar surface area (TPSA) is 119 Å². The quantitative estimate of drug-likeness (QED) is 0.299. The Labute approximate surface area is 247 Å². The van der Waals surface area contributed by atoms with Crippen LogP contribution in [0.5, 0.6) is 0 Å². The SMILES string of the molecule is O=C1C(=Cc2cn(-c3ccccc3)nc2-c2cccc(S(=O)(=O)N3CCOCC3)c2)SC(=S)N1C1CCS(=O)(=O)C1. The number of carbonyl (C=O) groups excluding carboxylic acids is 1. The largest absolute Gasteiger partial charge is 0.379 e. The Bertz CT molecular complexity index is 1760. The van der Waals surface area contributed by atoms with Crippen LogP contribution in [-0.4, -0.2) is 89.9 Å². The Balaban J connectivity index is 1.40. The molecule has 3 saturated heterocycles. The number of amides is 1. The number of nitrogens with zero attached hydrogens (tertiary/aromatic N) is 4. The maximum absolute atomic E-state index is 13.4. The normalized spacial score (nSPS) is 22.6. The summed E-state index contributed by atoms with van der Waals surface area (Å²) >= 11 is 6.60. The Morgan fingerprint density at radius 3 is 2.54 bits per heavy atom. The number of carbonyl (C=O) groups is 1. The summed E-state index contributed by atoms with van der Waals surface area (Å²) < 4.78 is 59.6. The van der Waals surface area contributed by atoms with E-state index in [0.717, 1.165) is 17.4 Å². The van der Waals surface area contributed by atoms with Crippen LogP contribution in [0.1, 0.15) is 12.0 Å². The maximum atomic E-state index is 13.4. The van der Waals surface area contributed by atoms with Gasteiger partial charge in [-0.25, -0.2) is 21.5 Å². The van der Waals surface area contributed by atoms with Crippen molar-refractivity contribution in [3.8, 4) is 16.9 Å². The highest BCUT2D eigenvalue weighted by atomic mass is 32.2. The van der Waals surface area contributed by atoms with E-state index in [1.54, 1.807) is 41.2 Å². The molecule has 0 saturated carbocycles. The van der Waals surface area contributed by atoms with Crippen LogP contribution in [0.2, 0.25) is 0 Å². The van der Waals surface area contributed by atoms with E-state index in [0.29, 0.717) is 45.7 Å². The number of aromatic nitrogens is 2. The first-order valence-electron chi connectivity index (χ1n) is 12.9. The molecule has 1 atom stereocenters. The lowest BCUT2D eigenvalue weighted by Crippen LogP contribution is -2.40. The Kier molecular flexibility index (Phi) is 7.63. The van der Waals surface area contributed by atoms with E-state index in [9.17, 15) is 21.6 Å². The Hall–Kier alpha value is -2.88. The van der Waals surface area contributed by atoms with Gasteiger partial charge in [0.25, 0.3) is 5.91 Å². The lowest BCUT2D eigenvalue weighted by molar-refractivity contribution is -0.123. The second kappa shape index (κ2) is 11.1. The van der Waals surface area contributed by atoms with Crippen molar-refractivity contribution >= 4 is 60.1 Å². The van der Waals surface area contributed by atoms with E-state index in [1.807, 2.05) is 30.3 Å². The van der Waals surface area contributed by atoms with E-state index in [4.69, 9.17) is 22.1 Å². The predicted octanol–water partition coefficient (Wildman–Crippen LogP) is 2.95. The molecule has 0 N–H and O–H groups in total. The lowest BCUT2D eigenvalue weighted by Gasteiger charge is -2.26. The van der Waals surface area contributed by atoms with Gasteiger partial charge < -0.3 is 4.74 Å². The molecule has 6 rings (SSSR count). The molecule has 3 fully saturated rings. The molecular weight excluding hydrogens is 605 g/mol. The molecular formula is C27H26N4O6S4. The number of hydrogen-bond donors (Lipinski definition) is 0. The molecule has 3 aromatic rings. The van der Waals surface area contributed by atoms with Gasteiger partial charge in [-0.3, -0.25) is 9.69 Å². The molecule has 2 aromatic carbocycles. The second-order valence-corrected chi connectivity index (χ2v) is 15.7.